The number of aliphatic carboxylic acids is 3. The van der Waals surface area contributed by atoms with Crippen LogP contribution >= 0.6 is 0 Å². The molecule has 1 saturated heterocycles. The van der Waals surface area contributed by atoms with E-state index in [9.17, 15) is 34.5 Å². The molecule has 1 aromatic carbocycles. The summed E-state index contributed by atoms with van der Waals surface area (Å²) in [5.74, 6) is -4.80. The average Bonchev–Trinajstić information content (AvgIpc) is 3.16. The second kappa shape index (κ2) is 10.3. The summed E-state index contributed by atoms with van der Waals surface area (Å²) < 4.78 is 0. The molecule has 5 atom stereocenters. The number of carbonyl (C=O) groups is 4. The first kappa shape index (κ1) is 24.3. The maximum atomic E-state index is 12.2. The summed E-state index contributed by atoms with van der Waals surface area (Å²) in [6.45, 7) is 0. The van der Waals surface area contributed by atoms with Crippen LogP contribution in [0.25, 0.3) is 0 Å². The van der Waals surface area contributed by atoms with E-state index in [2.05, 4.69) is 10.6 Å². The lowest BCUT2D eigenvalue weighted by molar-refractivity contribution is -0.153. The zero-order valence-electron chi connectivity index (χ0n) is 16.7. The molecule has 8 N–H and O–H groups in total. The molecule has 11 heteroatoms. The Bertz CT molecular complexity index is 818. The highest BCUT2D eigenvalue weighted by Crippen LogP contribution is 2.30. The quantitative estimate of drug-likeness (QED) is 0.223. The van der Waals surface area contributed by atoms with Crippen LogP contribution in [0.2, 0.25) is 0 Å². The Morgan fingerprint density at radius 2 is 1.77 bits per heavy atom. The van der Waals surface area contributed by atoms with Crippen molar-refractivity contribution >= 4 is 23.8 Å². The maximum absolute atomic E-state index is 12.2. The molecule has 0 aromatic heterocycles. The summed E-state index contributed by atoms with van der Waals surface area (Å²) in [6.07, 6.45) is -1.56. The molecular formula is C20H27N3O8. The molecule has 1 heterocycles. The van der Waals surface area contributed by atoms with Gasteiger partial charge < -0.3 is 31.5 Å². The van der Waals surface area contributed by atoms with Crippen molar-refractivity contribution in [3.63, 3.8) is 0 Å². The van der Waals surface area contributed by atoms with Gasteiger partial charge in [-0.1, -0.05) is 30.3 Å². The van der Waals surface area contributed by atoms with Crippen LogP contribution in [0, 0.1) is 0 Å². The minimum absolute atomic E-state index is 0.0805. The highest BCUT2D eigenvalue weighted by atomic mass is 16.4. The third-order valence-corrected chi connectivity index (χ3v) is 5.50. The largest absolute Gasteiger partial charge is 0.480 e. The number of hydrogen-bond donors (Lipinski definition) is 7. The molecular weight excluding hydrogens is 410 g/mol. The monoisotopic (exact) mass is 437 g/mol. The van der Waals surface area contributed by atoms with Gasteiger partial charge in [0.1, 0.15) is 23.7 Å². The van der Waals surface area contributed by atoms with Crippen LogP contribution in [0.4, 0.5) is 0 Å². The second-order valence-corrected chi connectivity index (χ2v) is 7.64. The maximum Gasteiger partial charge on any atom is 0.326 e. The Labute approximate surface area is 178 Å². The van der Waals surface area contributed by atoms with Crippen molar-refractivity contribution in [2.75, 3.05) is 0 Å². The van der Waals surface area contributed by atoms with Gasteiger partial charge in [0.2, 0.25) is 5.91 Å². The first-order valence-electron chi connectivity index (χ1n) is 9.80. The van der Waals surface area contributed by atoms with Gasteiger partial charge in [-0.25, -0.2) is 4.79 Å². The molecule has 0 spiro atoms. The number of carboxylic acid groups (broad SMARTS) is 3. The number of aliphatic hydroxyl groups excluding tert-OH is 1. The lowest BCUT2D eigenvalue weighted by Gasteiger charge is -2.33. The molecule has 0 aliphatic carbocycles. The third kappa shape index (κ3) is 6.00. The minimum Gasteiger partial charge on any atom is -0.480 e. The first-order valence-corrected chi connectivity index (χ1v) is 9.80. The van der Waals surface area contributed by atoms with E-state index in [-0.39, 0.29) is 25.7 Å². The fourth-order valence-electron chi connectivity index (χ4n) is 3.73. The van der Waals surface area contributed by atoms with Gasteiger partial charge in [-0.05, 0) is 31.2 Å². The molecule has 2 rings (SSSR count). The molecule has 0 unspecified atom stereocenters. The number of carbonyl (C=O) groups excluding carboxylic acids is 1. The molecule has 1 aliphatic rings. The predicted octanol–water partition coefficient (Wildman–Crippen LogP) is -1.07. The van der Waals surface area contributed by atoms with Crippen LogP contribution in [0.5, 0.6) is 0 Å². The number of hydrogen-bond acceptors (Lipinski definition) is 7. The average molecular weight is 437 g/mol. The summed E-state index contributed by atoms with van der Waals surface area (Å²) in [5, 5.41) is 43.4. The molecule has 31 heavy (non-hydrogen) atoms. The van der Waals surface area contributed by atoms with Crippen LogP contribution in [-0.4, -0.2) is 74.0 Å². The van der Waals surface area contributed by atoms with Gasteiger partial charge in [0, 0.05) is 12.5 Å². The molecule has 0 radical (unpaired) electrons. The third-order valence-electron chi connectivity index (χ3n) is 5.50. The highest BCUT2D eigenvalue weighted by molar-refractivity contribution is 5.84. The second-order valence-electron chi connectivity index (χ2n) is 7.64. The number of nitrogens with two attached hydrogens (primary N) is 1. The van der Waals surface area contributed by atoms with E-state index in [1.54, 1.807) is 0 Å². The van der Waals surface area contributed by atoms with Gasteiger partial charge in [-0.15, -0.1) is 0 Å². The first-order chi connectivity index (χ1) is 14.6. The summed E-state index contributed by atoms with van der Waals surface area (Å²) >= 11 is 0. The molecule has 1 amide bonds. The molecule has 0 bridgehead atoms. The molecule has 170 valence electrons. The fourth-order valence-corrected chi connectivity index (χ4v) is 3.73. The number of carboxylic acids is 3. The lowest BCUT2D eigenvalue weighted by atomic mass is 9.86. The van der Waals surface area contributed by atoms with Gasteiger partial charge >= 0.3 is 17.9 Å². The van der Waals surface area contributed by atoms with E-state index in [0.717, 1.165) is 5.56 Å². The topological polar surface area (TPSA) is 199 Å². The Balaban J connectivity index is 2.00. The molecule has 1 aromatic rings. The zero-order valence-corrected chi connectivity index (χ0v) is 16.7. The Morgan fingerprint density at radius 3 is 2.32 bits per heavy atom. The van der Waals surface area contributed by atoms with E-state index in [1.807, 2.05) is 30.3 Å². The van der Waals surface area contributed by atoms with Crippen LogP contribution in [0.15, 0.2) is 30.3 Å². The Morgan fingerprint density at radius 1 is 1.13 bits per heavy atom. The van der Waals surface area contributed by atoms with Crippen molar-refractivity contribution in [3.05, 3.63) is 35.9 Å². The number of rotatable bonds is 11. The Hall–Kier alpha value is -3.02. The molecule has 11 nitrogen and oxygen atoms in total. The van der Waals surface area contributed by atoms with E-state index in [0.29, 0.717) is 6.42 Å². The van der Waals surface area contributed by atoms with E-state index < -0.39 is 53.6 Å². The lowest BCUT2D eigenvalue weighted by Crippen LogP contribution is -2.65. The number of amides is 1. The number of benzene rings is 1. The van der Waals surface area contributed by atoms with Gasteiger partial charge in [0.25, 0.3) is 0 Å². The van der Waals surface area contributed by atoms with Crippen molar-refractivity contribution < 1.29 is 39.6 Å². The van der Waals surface area contributed by atoms with Crippen molar-refractivity contribution in [2.24, 2.45) is 5.73 Å². The van der Waals surface area contributed by atoms with Crippen molar-refractivity contribution in [1.82, 2.24) is 10.6 Å². The molecule has 0 saturated carbocycles. The van der Waals surface area contributed by atoms with Gasteiger partial charge in [0.05, 0.1) is 0 Å². The van der Waals surface area contributed by atoms with Crippen molar-refractivity contribution in [3.8, 4) is 0 Å². The fraction of sp³-hybridized carbons (Fsp3) is 0.500. The summed E-state index contributed by atoms with van der Waals surface area (Å²) in [6, 6.07) is 5.40. The predicted molar refractivity (Wildman–Crippen MR) is 107 cm³/mol. The Kier molecular flexibility index (Phi) is 8.08. The summed E-state index contributed by atoms with van der Waals surface area (Å²) in [5.41, 5.74) is 4.30. The normalized spacial score (nSPS) is 23.5. The van der Waals surface area contributed by atoms with Crippen LogP contribution in [0.1, 0.15) is 31.2 Å². The van der Waals surface area contributed by atoms with Crippen LogP contribution in [0.3, 0.4) is 0 Å². The number of aryl methyl sites for hydroxylation is 1. The van der Waals surface area contributed by atoms with E-state index >= 15 is 0 Å². The smallest absolute Gasteiger partial charge is 0.326 e. The van der Waals surface area contributed by atoms with E-state index in [1.165, 1.54) is 0 Å². The van der Waals surface area contributed by atoms with Gasteiger partial charge in [-0.2, -0.15) is 0 Å². The minimum atomic E-state index is -2.02. The molecule has 1 fully saturated rings. The SMILES string of the molecule is N[C@@H](C(=O)O)[C@H](O)[C@@]1(C(=O)O)CC[C@H](C[C@H](NC(=O)CCc2ccccc2)C(=O)O)N1. The standard InChI is InChI=1S/C20H27N3O8/c21-15(18(28)29)16(25)20(19(30)31)9-8-12(23-20)10-13(17(26)27)22-14(24)7-6-11-4-2-1-3-5-11/h1-5,12-13,15-16,23,25H,6-10,21H2,(H,22,24)(H,26,27)(H,28,29)(H,30,31)/t12-,13+,15-,16+,20-/m1/s1. The van der Waals surface area contributed by atoms with Gasteiger partial charge in [0.15, 0.2) is 0 Å². The number of aliphatic hydroxyl groups is 1. The molecule has 1 aliphatic heterocycles. The number of nitrogens with one attached hydrogen (secondary N) is 2. The van der Waals surface area contributed by atoms with Crippen molar-refractivity contribution in [2.45, 2.75) is 61.9 Å². The summed E-state index contributed by atoms with van der Waals surface area (Å²) in [4.78, 5) is 46.7. The van der Waals surface area contributed by atoms with Crippen LogP contribution in [-0.2, 0) is 25.6 Å². The zero-order chi connectivity index (χ0) is 23.2. The van der Waals surface area contributed by atoms with Crippen molar-refractivity contribution in [1.29, 1.82) is 0 Å². The summed E-state index contributed by atoms with van der Waals surface area (Å²) in [7, 11) is 0. The van der Waals surface area contributed by atoms with Crippen LogP contribution < -0.4 is 16.4 Å². The van der Waals surface area contributed by atoms with E-state index in [4.69, 9.17) is 10.8 Å². The van der Waals surface area contributed by atoms with Gasteiger partial charge in [-0.3, -0.25) is 19.7 Å². The highest BCUT2D eigenvalue weighted by Gasteiger charge is 2.54.